The van der Waals surface area contributed by atoms with Crippen molar-refractivity contribution in [1.82, 2.24) is 9.62 Å². The van der Waals surface area contributed by atoms with Crippen molar-refractivity contribution < 1.29 is 22.7 Å². The lowest BCUT2D eigenvalue weighted by molar-refractivity contribution is -0.117. The molecule has 164 valence electrons. The first-order valence-corrected chi connectivity index (χ1v) is 11.4. The number of nitrogens with zero attached hydrogens (tertiary/aromatic N) is 3. The van der Waals surface area contributed by atoms with Crippen LogP contribution in [-0.4, -0.2) is 69.3 Å². The fourth-order valence-electron chi connectivity index (χ4n) is 3.37. The maximum absolute atomic E-state index is 12.7. The Balaban J connectivity index is 1.65. The number of aliphatic imine (C=N–C) groups is 1. The van der Waals surface area contributed by atoms with Crippen LogP contribution in [0.3, 0.4) is 0 Å². The Hall–Kier alpha value is -2.30. The molecule has 1 aromatic rings. The maximum atomic E-state index is 12.7. The average Bonchev–Trinajstić information content (AvgIpc) is 3.06. The van der Waals surface area contributed by atoms with Crippen LogP contribution in [0.25, 0.3) is 0 Å². The fraction of sp³-hybridized carbons (Fsp3) is 0.550. The molecule has 30 heavy (non-hydrogen) atoms. The van der Waals surface area contributed by atoms with E-state index in [1.165, 1.54) is 22.7 Å². The smallest absolute Gasteiger partial charge is 0.433 e. The monoisotopic (exact) mass is 436 g/mol. The first-order chi connectivity index (χ1) is 14.1. The van der Waals surface area contributed by atoms with Crippen LogP contribution < -0.4 is 10.2 Å². The molecule has 0 aromatic heterocycles. The van der Waals surface area contributed by atoms with Crippen LogP contribution in [0.4, 0.5) is 10.5 Å². The van der Waals surface area contributed by atoms with Gasteiger partial charge in [0.05, 0.1) is 4.90 Å². The van der Waals surface area contributed by atoms with Crippen molar-refractivity contribution in [2.45, 2.75) is 37.7 Å². The van der Waals surface area contributed by atoms with Gasteiger partial charge < -0.3 is 15.0 Å². The molecule has 1 unspecified atom stereocenters. The summed E-state index contributed by atoms with van der Waals surface area (Å²) in [6.45, 7) is 7.78. The SMILES string of the molecule is CC(C)(C)OC(=O)N=CC1CC(=O)N(c2ccc(S(=O)(=O)N3CCNCC3)cc2)C1. The summed E-state index contributed by atoms with van der Waals surface area (Å²) in [5.74, 6) is -0.317. The van der Waals surface area contributed by atoms with Crippen LogP contribution in [-0.2, 0) is 19.6 Å². The zero-order valence-corrected chi connectivity index (χ0v) is 18.3. The number of anilines is 1. The van der Waals surface area contributed by atoms with Gasteiger partial charge in [0.25, 0.3) is 0 Å². The van der Waals surface area contributed by atoms with Crippen molar-refractivity contribution in [3.8, 4) is 0 Å². The van der Waals surface area contributed by atoms with Gasteiger partial charge in [0.15, 0.2) is 0 Å². The zero-order valence-electron chi connectivity index (χ0n) is 17.5. The lowest BCUT2D eigenvalue weighted by Gasteiger charge is -2.26. The molecule has 2 aliphatic rings. The molecular weight excluding hydrogens is 408 g/mol. The van der Waals surface area contributed by atoms with E-state index in [-0.39, 0.29) is 23.1 Å². The number of piperazine rings is 1. The van der Waals surface area contributed by atoms with Gasteiger partial charge in [0.1, 0.15) is 5.60 Å². The number of benzene rings is 1. The van der Waals surface area contributed by atoms with Gasteiger partial charge in [-0.25, -0.2) is 13.2 Å². The summed E-state index contributed by atoms with van der Waals surface area (Å²) in [7, 11) is -3.54. The highest BCUT2D eigenvalue weighted by atomic mass is 32.2. The molecule has 2 fully saturated rings. The molecular formula is C20H28N4O5S. The third kappa shape index (κ3) is 5.44. The molecule has 0 bridgehead atoms. The zero-order chi connectivity index (χ0) is 21.9. The second-order valence-electron chi connectivity index (χ2n) is 8.38. The summed E-state index contributed by atoms with van der Waals surface area (Å²) in [6.07, 6.45) is 0.998. The Bertz CT molecular complexity index is 916. The lowest BCUT2D eigenvalue weighted by Crippen LogP contribution is -2.46. The molecule has 3 rings (SSSR count). The minimum atomic E-state index is -3.54. The van der Waals surface area contributed by atoms with Crippen molar-refractivity contribution >= 4 is 33.9 Å². The van der Waals surface area contributed by atoms with Gasteiger partial charge >= 0.3 is 6.09 Å². The number of rotatable bonds is 4. The van der Waals surface area contributed by atoms with Crippen molar-refractivity contribution in [3.05, 3.63) is 24.3 Å². The van der Waals surface area contributed by atoms with E-state index in [0.717, 1.165) is 0 Å². The number of sulfonamides is 1. The van der Waals surface area contributed by atoms with E-state index in [1.807, 2.05) is 0 Å². The minimum absolute atomic E-state index is 0.103. The number of amides is 2. The third-order valence-corrected chi connectivity index (χ3v) is 6.71. The predicted molar refractivity (Wildman–Crippen MR) is 113 cm³/mol. The van der Waals surface area contributed by atoms with E-state index in [2.05, 4.69) is 10.3 Å². The molecule has 10 heteroatoms. The Morgan fingerprint density at radius 3 is 2.43 bits per heavy atom. The van der Waals surface area contributed by atoms with E-state index in [1.54, 1.807) is 37.8 Å². The van der Waals surface area contributed by atoms with Crippen molar-refractivity contribution in [2.24, 2.45) is 10.9 Å². The summed E-state index contributed by atoms with van der Waals surface area (Å²) in [5, 5.41) is 3.13. The number of carbonyl (C=O) groups excluding carboxylic acids is 2. The lowest BCUT2D eigenvalue weighted by atomic mass is 10.1. The Kier molecular flexibility index (Phi) is 6.59. The Morgan fingerprint density at radius 1 is 1.20 bits per heavy atom. The molecule has 1 aromatic carbocycles. The van der Waals surface area contributed by atoms with E-state index >= 15 is 0 Å². The first-order valence-electron chi connectivity index (χ1n) is 9.95. The molecule has 0 saturated carbocycles. The van der Waals surface area contributed by atoms with Crippen molar-refractivity contribution in [1.29, 1.82) is 0 Å². The molecule has 0 spiro atoms. The highest BCUT2D eigenvalue weighted by Gasteiger charge is 2.31. The number of hydrogen-bond donors (Lipinski definition) is 1. The maximum Gasteiger partial charge on any atom is 0.433 e. The highest BCUT2D eigenvalue weighted by molar-refractivity contribution is 7.89. The minimum Gasteiger partial charge on any atom is -0.442 e. The summed E-state index contributed by atoms with van der Waals surface area (Å²) < 4.78 is 32.1. The number of nitrogens with one attached hydrogen (secondary N) is 1. The molecule has 0 aliphatic carbocycles. The molecule has 1 atom stereocenters. The van der Waals surface area contributed by atoms with Gasteiger partial charge in [0, 0.05) is 57.0 Å². The second-order valence-corrected chi connectivity index (χ2v) is 10.3. The van der Waals surface area contributed by atoms with Crippen LogP contribution in [0.1, 0.15) is 27.2 Å². The summed E-state index contributed by atoms with van der Waals surface area (Å²) in [6, 6.07) is 6.34. The van der Waals surface area contributed by atoms with E-state index in [0.29, 0.717) is 38.4 Å². The molecule has 2 aliphatic heterocycles. The topological polar surface area (TPSA) is 108 Å². The largest absolute Gasteiger partial charge is 0.442 e. The van der Waals surface area contributed by atoms with Gasteiger partial charge in [0.2, 0.25) is 15.9 Å². The first kappa shape index (κ1) is 22.4. The molecule has 9 nitrogen and oxygen atoms in total. The number of carbonyl (C=O) groups is 2. The third-order valence-electron chi connectivity index (χ3n) is 4.80. The van der Waals surface area contributed by atoms with E-state index in [4.69, 9.17) is 4.74 Å². The molecule has 0 radical (unpaired) electrons. The molecule has 2 amide bonds. The molecule has 1 N–H and O–H groups in total. The Morgan fingerprint density at radius 2 is 1.83 bits per heavy atom. The summed E-state index contributed by atoms with van der Waals surface area (Å²) >= 11 is 0. The van der Waals surface area contributed by atoms with Crippen molar-refractivity contribution in [3.63, 3.8) is 0 Å². The van der Waals surface area contributed by atoms with Crippen molar-refractivity contribution in [2.75, 3.05) is 37.6 Å². The predicted octanol–water partition coefficient (Wildman–Crippen LogP) is 1.64. The van der Waals surface area contributed by atoms with Gasteiger partial charge in [-0.1, -0.05) is 0 Å². The van der Waals surface area contributed by atoms with Gasteiger partial charge in [-0.05, 0) is 45.0 Å². The Labute approximate surface area is 177 Å². The van der Waals surface area contributed by atoms with Gasteiger partial charge in [-0.2, -0.15) is 9.30 Å². The number of ether oxygens (including phenoxy) is 1. The normalized spacial score (nSPS) is 21.4. The van der Waals surface area contributed by atoms with E-state index in [9.17, 15) is 18.0 Å². The quantitative estimate of drug-likeness (QED) is 0.719. The molecule has 2 heterocycles. The van der Waals surface area contributed by atoms with Crippen LogP contribution in [0.5, 0.6) is 0 Å². The van der Waals surface area contributed by atoms with Crippen LogP contribution >= 0.6 is 0 Å². The average molecular weight is 437 g/mol. The standard InChI is InChI=1S/C20H28N4O5S/c1-20(2,3)29-19(26)22-13-15-12-18(25)24(14-15)16-4-6-17(7-5-16)30(27,28)23-10-8-21-9-11-23/h4-7,13,15,21H,8-12,14H2,1-3H3. The van der Waals surface area contributed by atoms with Crippen LogP contribution in [0.15, 0.2) is 34.2 Å². The molecule has 2 saturated heterocycles. The fourth-order valence-corrected chi connectivity index (χ4v) is 4.81. The van der Waals surface area contributed by atoms with E-state index < -0.39 is 21.7 Å². The van der Waals surface area contributed by atoms with Gasteiger partial charge in [-0.15, -0.1) is 0 Å². The second kappa shape index (κ2) is 8.83. The summed E-state index contributed by atoms with van der Waals surface area (Å²) in [4.78, 5) is 29.7. The highest BCUT2D eigenvalue weighted by Crippen LogP contribution is 2.26. The van der Waals surface area contributed by atoms with Crippen LogP contribution in [0.2, 0.25) is 0 Å². The number of hydrogen-bond acceptors (Lipinski definition) is 6. The van der Waals surface area contributed by atoms with Gasteiger partial charge in [-0.3, -0.25) is 4.79 Å². The van der Waals surface area contributed by atoms with Crippen LogP contribution in [0, 0.1) is 5.92 Å². The summed E-state index contributed by atoms with van der Waals surface area (Å²) in [5.41, 5.74) is -0.00825.